The van der Waals surface area contributed by atoms with Gasteiger partial charge in [0.25, 0.3) is 5.91 Å². The minimum Gasteiger partial charge on any atom is -0.479 e. The fraction of sp³-hybridized carbons (Fsp3) is 0.364. The van der Waals surface area contributed by atoms with Crippen molar-refractivity contribution in [3.05, 3.63) is 54.3 Å². The average Bonchev–Trinajstić information content (AvgIpc) is 2.76. The molecule has 1 saturated heterocycles. The highest BCUT2D eigenvalue weighted by Crippen LogP contribution is 2.19. The third-order valence-corrected chi connectivity index (χ3v) is 4.63. The Kier molecular flexibility index (Phi) is 7.24. The maximum atomic E-state index is 12.9. The molecule has 1 fully saturated rings. The van der Waals surface area contributed by atoms with Crippen LogP contribution in [0.4, 0.5) is 15.8 Å². The number of esters is 1. The normalized spacial score (nSPS) is 15.8. The van der Waals surface area contributed by atoms with E-state index >= 15 is 0 Å². The van der Waals surface area contributed by atoms with E-state index in [9.17, 15) is 14.0 Å². The van der Waals surface area contributed by atoms with E-state index in [0.717, 1.165) is 18.8 Å². The lowest BCUT2D eigenvalue weighted by atomic mass is 10.2. The fourth-order valence-corrected chi connectivity index (χ4v) is 2.91. The molecule has 0 aliphatic carbocycles. The van der Waals surface area contributed by atoms with Crippen LogP contribution < -0.4 is 15.0 Å². The number of nitrogens with one attached hydrogen (secondary N) is 1. The van der Waals surface area contributed by atoms with Crippen LogP contribution in [0.5, 0.6) is 5.75 Å². The van der Waals surface area contributed by atoms with Crippen LogP contribution in [-0.4, -0.2) is 50.4 Å². The molecule has 0 bridgehead atoms. The van der Waals surface area contributed by atoms with Gasteiger partial charge in [-0.2, -0.15) is 0 Å². The van der Waals surface area contributed by atoms with E-state index in [2.05, 4.69) is 10.2 Å². The monoisotopic (exact) mass is 416 g/mol. The Bertz CT molecular complexity index is 851. The van der Waals surface area contributed by atoms with Gasteiger partial charge >= 0.3 is 5.97 Å². The Balaban J connectivity index is 1.48. The molecule has 7 nitrogen and oxygen atoms in total. The molecular weight excluding hydrogens is 391 g/mol. The maximum Gasteiger partial charge on any atom is 0.347 e. The Morgan fingerprint density at radius 1 is 1.00 bits per heavy atom. The summed E-state index contributed by atoms with van der Waals surface area (Å²) in [6.45, 7) is 6.05. The lowest BCUT2D eigenvalue weighted by molar-refractivity contribution is -0.159. The van der Waals surface area contributed by atoms with Crippen molar-refractivity contribution in [1.29, 1.82) is 0 Å². The Labute approximate surface area is 174 Å². The zero-order valence-electron chi connectivity index (χ0n) is 17.0. The van der Waals surface area contributed by atoms with Crippen LogP contribution in [0.2, 0.25) is 0 Å². The summed E-state index contributed by atoms with van der Waals surface area (Å²) >= 11 is 0. The minimum absolute atomic E-state index is 0.332. The SMILES string of the molecule is C[C@@H](OC(=O)[C@@H](C)Oc1ccc(F)cc1)C(=O)Nc1ccc(N2CCOCC2)cc1. The summed E-state index contributed by atoms with van der Waals surface area (Å²) in [5.74, 6) is -1.21. The fourth-order valence-electron chi connectivity index (χ4n) is 2.91. The predicted molar refractivity (Wildman–Crippen MR) is 110 cm³/mol. The summed E-state index contributed by atoms with van der Waals surface area (Å²) in [5, 5.41) is 2.73. The standard InChI is InChI=1S/C22H25FN2O5/c1-15(30-22(27)16(2)29-20-9-3-17(23)4-10-20)21(26)24-18-5-7-19(8-6-18)25-11-13-28-14-12-25/h3-10,15-16H,11-14H2,1-2H3,(H,24,26)/t15-,16-/m1/s1. The van der Waals surface area contributed by atoms with Crippen LogP contribution >= 0.6 is 0 Å². The largest absolute Gasteiger partial charge is 0.479 e. The molecular formula is C22H25FN2O5. The number of halogens is 1. The van der Waals surface area contributed by atoms with Crippen molar-refractivity contribution in [1.82, 2.24) is 0 Å². The second kappa shape index (κ2) is 10.1. The van der Waals surface area contributed by atoms with Crippen molar-refractivity contribution in [2.75, 3.05) is 36.5 Å². The lowest BCUT2D eigenvalue weighted by Gasteiger charge is -2.29. The quantitative estimate of drug-likeness (QED) is 0.700. The van der Waals surface area contributed by atoms with Crippen LogP contribution in [0.15, 0.2) is 48.5 Å². The van der Waals surface area contributed by atoms with Crippen molar-refractivity contribution in [3.63, 3.8) is 0 Å². The molecule has 0 aromatic heterocycles. The molecule has 2 aromatic rings. The molecule has 0 saturated carbocycles. The predicted octanol–water partition coefficient (Wildman–Crippen LogP) is 3.00. The van der Waals surface area contributed by atoms with Gasteiger partial charge in [-0.3, -0.25) is 4.79 Å². The van der Waals surface area contributed by atoms with E-state index in [4.69, 9.17) is 14.2 Å². The molecule has 160 valence electrons. The topological polar surface area (TPSA) is 77.1 Å². The number of anilines is 2. The van der Waals surface area contributed by atoms with E-state index in [-0.39, 0.29) is 0 Å². The Morgan fingerprint density at radius 2 is 1.63 bits per heavy atom. The number of hydrogen-bond acceptors (Lipinski definition) is 6. The lowest BCUT2D eigenvalue weighted by Crippen LogP contribution is -2.36. The highest BCUT2D eigenvalue weighted by Gasteiger charge is 2.23. The minimum atomic E-state index is -1.00. The second-order valence-corrected chi connectivity index (χ2v) is 6.93. The van der Waals surface area contributed by atoms with E-state index in [1.807, 2.05) is 12.1 Å². The van der Waals surface area contributed by atoms with Crippen LogP contribution in [-0.2, 0) is 19.1 Å². The highest BCUT2D eigenvalue weighted by atomic mass is 19.1. The maximum absolute atomic E-state index is 12.9. The number of carbonyl (C=O) groups is 2. The summed E-state index contributed by atoms with van der Waals surface area (Å²) in [7, 11) is 0. The smallest absolute Gasteiger partial charge is 0.347 e. The summed E-state index contributed by atoms with van der Waals surface area (Å²) in [6.07, 6.45) is -1.95. The third-order valence-electron chi connectivity index (χ3n) is 4.63. The molecule has 8 heteroatoms. The van der Waals surface area contributed by atoms with E-state index < -0.39 is 29.9 Å². The van der Waals surface area contributed by atoms with Crippen molar-refractivity contribution in [2.24, 2.45) is 0 Å². The molecule has 1 amide bonds. The molecule has 30 heavy (non-hydrogen) atoms. The van der Waals surface area contributed by atoms with Gasteiger partial charge < -0.3 is 24.4 Å². The first-order chi connectivity index (χ1) is 14.4. The van der Waals surface area contributed by atoms with E-state index in [1.54, 1.807) is 12.1 Å². The number of benzene rings is 2. The number of carbonyl (C=O) groups excluding carboxylic acids is 2. The van der Waals surface area contributed by atoms with Gasteiger partial charge in [0.05, 0.1) is 13.2 Å². The van der Waals surface area contributed by atoms with Gasteiger partial charge in [0.15, 0.2) is 12.2 Å². The summed E-state index contributed by atoms with van der Waals surface area (Å²) < 4.78 is 28.9. The highest BCUT2D eigenvalue weighted by molar-refractivity contribution is 5.95. The molecule has 0 radical (unpaired) electrons. The zero-order valence-corrected chi connectivity index (χ0v) is 17.0. The number of ether oxygens (including phenoxy) is 3. The first-order valence-corrected chi connectivity index (χ1v) is 9.79. The molecule has 2 atom stereocenters. The molecule has 3 rings (SSSR count). The number of amides is 1. The van der Waals surface area contributed by atoms with Crippen LogP contribution in [0, 0.1) is 5.82 Å². The van der Waals surface area contributed by atoms with E-state index in [1.165, 1.54) is 38.1 Å². The van der Waals surface area contributed by atoms with Gasteiger partial charge in [-0.25, -0.2) is 9.18 Å². The number of nitrogens with zero attached hydrogens (tertiary/aromatic N) is 1. The van der Waals surface area contributed by atoms with Crippen LogP contribution in [0.3, 0.4) is 0 Å². The molecule has 1 N–H and O–H groups in total. The van der Waals surface area contributed by atoms with Gasteiger partial charge in [-0.15, -0.1) is 0 Å². The van der Waals surface area contributed by atoms with Crippen molar-refractivity contribution in [2.45, 2.75) is 26.1 Å². The Morgan fingerprint density at radius 3 is 2.27 bits per heavy atom. The number of hydrogen-bond donors (Lipinski definition) is 1. The van der Waals surface area contributed by atoms with Gasteiger partial charge in [0.1, 0.15) is 11.6 Å². The molecule has 1 heterocycles. The average molecular weight is 416 g/mol. The molecule has 0 unspecified atom stereocenters. The van der Waals surface area contributed by atoms with Gasteiger partial charge in [-0.05, 0) is 62.4 Å². The summed E-state index contributed by atoms with van der Waals surface area (Å²) in [4.78, 5) is 26.7. The first-order valence-electron chi connectivity index (χ1n) is 9.79. The van der Waals surface area contributed by atoms with Gasteiger partial charge in [0, 0.05) is 24.5 Å². The zero-order chi connectivity index (χ0) is 21.5. The van der Waals surface area contributed by atoms with Crippen molar-refractivity contribution >= 4 is 23.3 Å². The van der Waals surface area contributed by atoms with Gasteiger partial charge in [-0.1, -0.05) is 0 Å². The molecule has 1 aliphatic rings. The molecule has 1 aliphatic heterocycles. The summed E-state index contributed by atoms with van der Waals surface area (Å²) in [5.41, 5.74) is 1.66. The third kappa shape index (κ3) is 5.93. The number of rotatable bonds is 7. The first kappa shape index (κ1) is 21.6. The van der Waals surface area contributed by atoms with E-state index in [0.29, 0.717) is 24.7 Å². The number of morpholine rings is 1. The summed E-state index contributed by atoms with van der Waals surface area (Å²) in [6, 6.07) is 12.7. The van der Waals surface area contributed by atoms with Crippen molar-refractivity contribution in [3.8, 4) is 5.75 Å². The Hall–Kier alpha value is -3.13. The van der Waals surface area contributed by atoms with Crippen molar-refractivity contribution < 1.29 is 28.2 Å². The second-order valence-electron chi connectivity index (χ2n) is 6.93. The molecule has 0 spiro atoms. The molecule has 2 aromatic carbocycles. The van der Waals surface area contributed by atoms with Crippen LogP contribution in [0.25, 0.3) is 0 Å². The van der Waals surface area contributed by atoms with Crippen LogP contribution in [0.1, 0.15) is 13.8 Å². The van der Waals surface area contributed by atoms with Gasteiger partial charge in [0.2, 0.25) is 0 Å².